The molecule has 10 heteroatoms. The van der Waals surface area contributed by atoms with E-state index in [9.17, 15) is 18.0 Å². The predicted octanol–water partition coefficient (Wildman–Crippen LogP) is 4.90. The summed E-state index contributed by atoms with van der Waals surface area (Å²) < 4.78 is 35.0. The summed E-state index contributed by atoms with van der Waals surface area (Å²) in [5.74, 6) is -0.234. The molecule has 8 nitrogen and oxygen atoms in total. The lowest BCUT2D eigenvalue weighted by molar-refractivity contribution is -0.140. The number of rotatable bonds is 12. The van der Waals surface area contributed by atoms with E-state index < -0.39 is 28.5 Å². The minimum atomic E-state index is -4.14. The van der Waals surface area contributed by atoms with Gasteiger partial charge < -0.3 is 15.0 Å². The molecule has 3 rings (SSSR count). The number of amides is 2. The van der Waals surface area contributed by atoms with Crippen molar-refractivity contribution in [1.82, 2.24) is 10.2 Å². The van der Waals surface area contributed by atoms with Crippen molar-refractivity contribution in [3.63, 3.8) is 0 Å². The van der Waals surface area contributed by atoms with Gasteiger partial charge in [-0.05, 0) is 74.4 Å². The van der Waals surface area contributed by atoms with Gasteiger partial charge in [-0.3, -0.25) is 13.9 Å². The molecule has 208 valence electrons. The highest BCUT2D eigenvalue weighted by Gasteiger charge is 2.33. The SMILES string of the molecule is CCOc1ccc(N(CC(=O)N(Cc2ccc(C)cc2)[C@H](CC)C(=O)NC)S(=O)(=O)c2ccc(Br)cc2)cc1. The minimum absolute atomic E-state index is 0.0378. The number of anilines is 1. The summed E-state index contributed by atoms with van der Waals surface area (Å²) in [6.07, 6.45) is 0.361. The van der Waals surface area contributed by atoms with Crippen LogP contribution in [-0.2, 0) is 26.2 Å². The van der Waals surface area contributed by atoms with E-state index >= 15 is 0 Å². The predicted molar refractivity (Wildman–Crippen MR) is 156 cm³/mol. The number of ether oxygens (including phenoxy) is 1. The number of carbonyl (C=O) groups is 2. The lowest BCUT2D eigenvalue weighted by Crippen LogP contribution is -2.51. The van der Waals surface area contributed by atoms with Crippen molar-refractivity contribution < 1.29 is 22.7 Å². The molecule has 0 saturated heterocycles. The van der Waals surface area contributed by atoms with Crippen LogP contribution in [0.2, 0.25) is 0 Å². The summed E-state index contributed by atoms with van der Waals surface area (Å²) in [6, 6.07) is 19.7. The van der Waals surface area contributed by atoms with Crippen LogP contribution in [0.4, 0.5) is 5.69 Å². The minimum Gasteiger partial charge on any atom is -0.494 e. The van der Waals surface area contributed by atoms with E-state index in [1.54, 1.807) is 36.4 Å². The third kappa shape index (κ3) is 7.60. The summed E-state index contributed by atoms with van der Waals surface area (Å²) in [5.41, 5.74) is 2.20. The van der Waals surface area contributed by atoms with Gasteiger partial charge in [0, 0.05) is 18.1 Å². The van der Waals surface area contributed by atoms with Crippen LogP contribution in [0.15, 0.2) is 82.2 Å². The van der Waals surface area contributed by atoms with Crippen molar-refractivity contribution in [1.29, 1.82) is 0 Å². The van der Waals surface area contributed by atoms with Gasteiger partial charge in [0.1, 0.15) is 18.3 Å². The lowest BCUT2D eigenvalue weighted by atomic mass is 10.1. The Morgan fingerprint density at radius 1 is 0.949 bits per heavy atom. The number of nitrogens with one attached hydrogen (secondary N) is 1. The standard InChI is InChI=1S/C29H34BrN3O5S/c1-5-27(29(35)31-4)32(19-22-9-7-21(3)8-10-22)28(34)20-33(24-13-15-25(16-14-24)38-6-2)39(36,37)26-17-11-23(30)12-18-26/h7-18,27H,5-6,19-20H2,1-4H3,(H,31,35)/t27-/m1/s1. The van der Waals surface area contributed by atoms with Crippen LogP contribution in [0.1, 0.15) is 31.4 Å². The van der Waals surface area contributed by atoms with Crippen LogP contribution < -0.4 is 14.4 Å². The second kappa shape index (κ2) is 13.6. The average molecular weight is 617 g/mol. The molecule has 0 unspecified atom stereocenters. The molecule has 0 saturated carbocycles. The fourth-order valence-corrected chi connectivity index (χ4v) is 5.79. The van der Waals surface area contributed by atoms with E-state index in [1.165, 1.54) is 24.1 Å². The van der Waals surface area contributed by atoms with Crippen LogP contribution in [0, 0.1) is 6.92 Å². The molecule has 2 amide bonds. The highest BCUT2D eigenvalue weighted by atomic mass is 79.9. The fraction of sp³-hybridized carbons (Fsp3) is 0.310. The van der Waals surface area contributed by atoms with E-state index in [4.69, 9.17) is 4.74 Å². The Kier molecular flexibility index (Phi) is 10.5. The van der Waals surface area contributed by atoms with Crippen molar-refractivity contribution in [2.45, 2.75) is 44.7 Å². The smallest absolute Gasteiger partial charge is 0.264 e. The van der Waals surface area contributed by atoms with Gasteiger partial charge in [-0.15, -0.1) is 0 Å². The van der Waals surface area contributed by atoms with Gasteiger partial charge in [-0.2, -0.15) is 0 Å². The monoisotopic (exact) mass is 615 g/mol. The molecule has 0 spiro atoms. The van der Waals surface area contributed by atoms with Crippen LogP contribution in [-0.4, -0.2) is 51.4 Å². The quantitative estimate of drug-likeness (QED) is 0.312. The first-order chi connectivity index (χ1) is 18.6. The van der Waals surface area contributed by atoms with Gasteiger partial charge in [-0.1, -0.05) is 52.7 Å². The van der Waals surface area contributed by atoms with E-state index in [0.29, 0.717) is 24.5 Å². The number of hydrogen-bond acceptors (Lipinski definition) is 5. The van der Waals surface area contributed by atoms with Crippen LogP contribution in [0.3, 0.4) is 0 Å². The molecule has 39 heavy (non-hydrogen) atoms. The molecule has 0 aliphatic carbocycles. The molecule has 0 heterocycles. The van der Waals surface area contributed by atoms with Crippen molar-refractivity contribution in [3.8, 4) is 5.75 Å². The fourth-order valence-electron chi connectivity index (χ4n) is 4.11. The topological polar surface area (TPSA) is 96.0 Å². The Bertz CT molecular complexity index is 1360. The molecule has 0 fully saturated rings. The summed E-state index contributed by atoms with van der Waals surface area (Å²) >= 11 is 3.34. The van der Waals surface area contributed by atoms with Gasteiger partial charge in [0.05, 0.1) is 17.2 Å². The molecule has 1 N–H and O–H groups in total. The summed E-state index contributed by atoms with van der Waals surface area (Å²) in [4.78, 5) is 28.2. The molecule has 0 aliphatic heterocycles. The third-order valence-electron chi connectivity index (χ3n) is 6.22. The number of hydrogen-bond donors (Lipinski definition) is 1. The average Bonchev–Trinajstić information content (AvgIpc) is 2.93. The van der Waals surface area contributed by atoms with Crippen molar-refractivity contribution in [2.75, 3.05) is 24.5 Å². The number of carbonyl (C=O) groups excluding carboxylic acids is 2. The second-order valence-electron chi connectivity index (χ2n) is 8.94. The second-order valence-corrected chi connectivity index (χ2v) is 11.7. The van der Waals surface area contributed by atoms with E-state index in [2.05, 4.69) is 21.2 Å². The Morgan fingerprint density at radius 2 is 1.56 bits per heavy atom. The number of likely N-dealkylation sites (N-methyl/N-ethyl adjacent to an activating group) is 1. The Morgan fingerprint density at radius 3 is 2.10 bits per heavy atom. The maximum Gasteiger partial charge on any atom is 0.264 e. The lowest BCUT2D eigenvalue weighted by Gasteiger charge is -2.33. The van der Waals surface area contributed by atoms with Gasteiger partial charge in [0.2, 0.25) is 11.8 Å². The molecular formula is C29H34BrN3O5S. The van der Waals surface area contributed by atoms with E-state index in [-0.39, 0.29) is 17.3 Å². The van der Waals surface area contributed by atoms with Crippen LogP contribution in [0.5, 0.6) is 5.75 Å². The van der Waals surface area contributed by atoms with Crippen LogP contribution in [0.25, 0.3) is 0 Å². The first-order valence-electron chi connectivity index (χ1n) is 12.7. The first-order valence-corrected chi connectivity index (χ1v) is 14.9. The zero-order chi connectivity index (χ0) is 28.6. The Hall–Kier alpha value is -3.37. The largest absolute Gasteiger partial charge is 0.494 e. The molecule has 3 aromatic rings. The zero-order valence-electron chi connectivity index (χ0n) is 22.6. The number of aryl methyl sites for hydroxylation is 1. The number of halogens is 1. The molecule has 0 radical (unpaired) electrons. The molecule has 0 aliphatic rings. The number of sulfonamides is 1. The molecule has 3 aromatic carbocycles. The van der Waals surface area contributed by atoms with E-state index in [0.717, 1.165) is 19.9 Å². The van der Waals surface area contributed by atoms with Gasteiger partial charge in [-0.25, -0.2) is 8.42 Å². The highest BCUT2D eigenvalue weighted by molar-refractivity contribution is 9.10. The summed E-state index contributed by atoms with van der Waals surface area (Å²) in [7, 11) is -2.62. The Labute approximate surface area is 239 Å². The molecule has 1 atom stereocenters. The van der Waals surface area contributed by atoms with Crippen molar-refractivity contribution >= 4 is 43.5 Å². The maximum atomic E-state index is 13.9. The number of benzene rings is 3. The molecular weight excluding hydrogens is 582 g/mol. The number of nitrogens with zero attached hydrogens (tertiary/aromatic N) is 2. The van der Waals surface area contributed by atoms with Crippen LogP contribution >= 0.6 is 15.9 Å². The normalized spacial score (nSPS) is 11.9. The maximum absolute atomic E-state index is 13.9. The van der Waals surface area contributed by atoms with E-state index in [1.807, 2.05) is 45.0 Å². The van der Waals surface area contributed by atoms with Gasteiger partial charge in [0.15, 0.2) is 0 Å². The van der Waals surface area contributed by atoms with Crippen molar-refractivity contribution in [3.05, 3.63) is 88.4 Å². The third-order valence-corrected chi connectivity index (χ3v) is 8.54. The zero-order valence-corrected chi connectivity index (χ0v) is 25.0. The Balaban J connectivity index is 2.05. The summed E-state index contributed by atoms with van der Waals surface area (Å²) in [6.45, 7) is 5.76. The van der Waals surface area contributed by atoms with Gasteiger partial charge in [0.25, 0.3) is 10.0 Å². The molecule has 0 aromatic heterocycles. The van der Waals surface area contributed by atoms with Crippen molar-refractivity contribution in [2.24, 2.45) is 0 Å². The van der Waals surface area contributed by atoms with Gasteiger partial charge >= 0.3 is 0 Å². The highest BCUT2D eigenvalue weighted by Crippen LogP contribution is 2.27. The first kappa shape index (κ1) is 30.2. The molecule has 0 bridgehead atoms. The summed E-state index contributed by atoms with van der Waals surface area (Å²) in [5, 5.41) is 2.63.